The second-order valence-corrected chi connectivity index (χ2v) is 6.54. The van der Waals surface area contributed by atoms with Gasteiger partial charge in [0.05, 0.1) is 10.2 Å². The number of carbonyl (C=O) groups is 1. The zero-order valence-corrected chi connectivity index (χ0v) is 12.6. The summed E-state index contributed by atoms with van der Waals surface area (Å²) in [6.45, 7) is 2.02. The van der Waals surface area contributed by atoms with Crippen molar-refractivity contribution in [1.82, 2.24) is 10.3 Å². The van der Waals surface area contributed by atoms with Gasteiger partial charge in [-0.05, 0) is 50.0 Å². The van der Waals surface area contributed by atoms with Gasteiger partial charge in [0, 0.05) is 11.4 Å². The molecule has 0 atom stereocenters. The van der Waals surface area contributed by atoms with Crippen molar-refractivity contribution in [2.75, 3.05) is 18.4 Å². The van der Waals surface area contributed by atoms with Crippen LogP contribution in [0.5, 0.6) is 0 Å². The highest BCUT2D eigenvalue weighted by atomic mass is 35.5. The summed E-state index contributed by atoms with van der Waals surface area (Å²) in [5.74, 6) is 0.544. The van der Waals surface area contributed by atoms with Crippen LogP contribution in [0.4, 0.5) is 5.13 Å². The van der Waals surface area contributed by atoms with Crippen LogP contribution in [0.25, 0.3) is 10.2 Å². The molecule has 1 saturated heterocycles. The molecule has 0 radical (unpaired) electrons. The monoisotopic (exact) mass is 309 g/mol. The Morgan fingerprint density at radius 1 is 1.45 bits per heavy atom. The molecular weight excluding hydrogens is 294 g/mol. The van der Waals surface area contributed by atoms with Crippen LogP contribution in [0.15, 0.2) is 18.2 Å². The van der Waals surface area contributed by atoms with Crippen molar-refractivity contribution in [3.8, 4) is 0 Å². The Balaban J connectivity index is 1.64. The predicted molar refractivity (Wildman–Crippen MR) is 83.5 cm³/mol. The third-order valence-electron chi connectivity index (χ3n) is 3.53. The van der Waals surface area contributed by atoms with Crippen molar-refractivity contribution in [2.45, 2.75) is 19.3 Å². The van der Waals surface area contributed by atoms with Gasteiger partial charge in [-0.15, -0.1) is 0 Å². The summed E-state index contributed by atoms with van der Waals surface area (Å²) >= 11 is 7.41. The fraction of sp³-hybridized carbons (Fsp3) is 0.429. The molecule has 1 aromatic heterocycles. The van der Waals surface area contributed by atoms with Crippen LogP contribution in [0.3, 0.4) is 0 Å². The van der Waals surface area contributed by atoms with Gasteiger partial charge in [-0.3, -0.25) is 4.79 Å². The molecule has 2 heterocycles. The Hall–Kier alpha value is -1.17. The molecule has 20 heavy (non-hydrogen) atoms. The number of nitrogens with zero attached hydrogens (tertiary/aromatic N) is 1. The van der Waals surface area contributed by atoms with Gasteiger partial charge in [0.25, 0.3) is 0 Å². The Labute approximate surface area is 126 Å². The van der Waals surface area contributed by atoms with Crippen molar-refractivity contribution in [1.29, 1.82) is 0 Å². The fourth-order valence-electron chi connectivity index (χ4n) is 2.47. The molecule has 2 aromatic rings. The Morgan fingerprint density at radius 2 is 2.25 bits per heavy atom. The second-order valence-electron chi connectivity index (χ2n) is 5.08. The number of aromatic nitrogens is 1. The first-order chi connectivity index (χ1) is 9.70. The summed E-state index contributed by atoms with van der Waals surface area (Å²) in [6.07, 6.45) is 2.73. The van der Waals surface area contributed by atoms with Crippen LogP contribution in [0.1, 0.15) is 19.3 Å². The van der Waals surface area contributed by atoms with E-state index in [4.69, 9.17) is 11.6 Å². The molecule has 2 N–H and O–H groups in total. The van der Waals surface area contributed by atoms with Crippen LogP contribution < -0.4 is 10.6 Å². The first-order valence-corrected chi connectivity index (χ1v) is 7.97. The number of halogens is 1. The van der Waals surface area contributed by atoms with Gasteiger partial charge in [-0.1, -0.05) is 22.9 Å². The Kier molecular flexibility index (Phi) is 4.19. The van der Waals surface area contributed by atoms with Gasteiger partial charge < -0.3 is 10.6 Å². The number of anilines is 1. The van der Waals surface area contributed by atoms with Gasteiger partial charge in [0.15, 0.2) is 5.13 Å². The highest BCUT2D eigenvalue weighted by Crippen LogP contribution is 2.28. The molecule has 3 rings (SSSR count). The molecule has 1 aromatic carbocycles. The summed E-state index contributed by atoms with van der Waals surface area (Å²) < 4.78 is 0.995. The van der Waals surface area contributed by atoms with Crippen molar-refractivity contribution >= 4 is 44.2 Å². The SMILES string of the molecule is O=C(CC1CCNCC1)Nc1nc2ccc(Cl)cc2s1. The Morgan fingerprint density at radius 3 is 3.05 bits per heavy atom. The zero-order chi connectivity index (χ0) is 13.9. The van der Waals surface area contributed by atoms with Gasteiger partial charge in [-0.25, -0.2) is 4.98 Å². The highest BCUT2D eigenvalue weighted by molar-refractivity contribution is 7.22. The second kappa shape index (κ2) is 6.08. The topological polar surface area (TPSA) is 54.0 Å². The molecule has 106 valence electrons. The normalized spacial score (nSPS) is 16.4. The summed E-state index contributed by atoms with van der Waals surface area (Å²) in [5.41, 5.74) is 0.872. The average molecular weight is 310 g/mol. The number of hydrogen-bond acceptors (Lipinski definition) is 4. The molecule has 1 aliphatic rings. The van der Waals surface area contributed by atoms with E-state index in [1.807, 2.05) is 18.2 Å². The largest absolute Gasteiger partial charge is 0.317 e. The summed E-state index contributed by atoms with van der Waals surface area (Å²) in [4.78, 5) is 16.4. The van der Waals surface area contributed by atoms with E-state index in [0.717, 1.165) is 36.1 Å². The molecule has 0 spiro atoms. The van der Waals surface area contributed by atoms with Gasteiger partial charge in [0.2, 0.25) is 5.91 Å². The van der Waals surface area contributed by atoms with E-state index >= 15 is 0 Å². The van der Waals surface area contributed by atoms with Gasteiger partial charge >= 0.3 is 0 Å². The maximum atomic E-state index is 12.0. The maximum Gasteiger partial charge on any atom is 0.226 e. The lowest BCUT2D eigenvalue weighted by molar-refractivity contribution is -0.117. The van der Waals surface area contributed by atoms with E-state index in [9.17, 15) is 4.79 Å². The van der Waals surface area contributed by atoms with E-state index in [0.29, 0.717) is 22.5 Å². The van der Waals surface area contributed by atoms with Crippen LogP contribution in [0.2, 0.25) is 5.02 Å². The lowest BCUT2D eigenvalue weighted by Crippen LogP contribution is -2.30. The summed E-state index contributed by atoms with van der Waals surface area (Å²) in [7, 11) is 0. The average Bonchev–Trinajstić information content (AvgIpc) is 2.80. The quantitative estimate of drug-likeness (QED) is 0.915. The van der Waals surface area contributed by atoms with Crippen molar-refractivity contribution in [3.05, 3.63) is 23.2 Å². The van der Waals surface area contributed by atoms with E-state index in [1.165, 1.54) is 11.3 Å². The molecule has 1 aliphatic heterocycles. The van der Waals surface area contributed by atoms with Gasteiger partial charge in [0.1, 0.15) is 0 Å². The van der Waals surface area contributed by atoms with E-state index < -0.39 is 0 Å². The first-order valence-electron chi connectivity index (χ1n) is 6.77. The molecule has 0 aliphatic carbocycles. The highest BCUT2D eigenvalue weighted by Gasteiger charge is 2.17. The molecule has 4 nitrogen and oxygen atoms in total. The molecule has 6 heteroatoms. The predicted octanol–water partition coefficient (Wildman–Crippen LogP) is 3.28. The minimum atomic E-state index is 0.0575. The van der Waals surface area contributed by atoms with Crippen LogP contribution in [-0.4, -0.2) is 24.0 Å². The zero-order valence-electron chi connectivity index (χ0n) is 11.0. The molecule has 1 fully saturated rings. The smallest absolute Gasteiger partial charge is 0.226 e. The van der Waals surface area contributed by atoms with Crippen molar-refractivity contribution < 1.29 is 4.79 Å². The minimum Gasteiger partial charge on any atom is -0.317 e. The number of fused-ring (bicyclic) bond motifs is 1. The lowest BCUT2D eigenvalue weighted by Gasteiger charge is -2.21. The third kappa shape index (κ3) is 3.29. The van der Waals surface area contributed by atoms with Crippen LogP contribution >= 0.6 is 22.9 Å². The lowest BCUT2D eigenvalue weighted by atomic mass is 9.94. The molecule has 0 unspecified atom stereocenters. The van der Waals surface area contributed by atoms with Crippen LogP contribution in [-0.2, 0) is 4.79 Å². The first kappa shape index (κ1) is 13.8. The fourth-order valence-corrected chi connectivity index (χ4v) is 3.63. The number of amides is 1. The van der Waals surface area contributed by atoms with E-state index in [1.54, 1.807) is 0 Å². The number of benzene rings is 1. The molecule has 0 saturated carbocycles. The maximum absolute atomic E-state index is 12.0. The number of carbonyl (C=O) groups excluding carboxylic acids is 1. The summed E-state index contributed by atoms with van der Waals surface area (Å²) in [5, 5.41) is 7.55. The van der Waals surface area contributed by atoms with Gasteiger partial charge in [-0.2, -0.15) is 0 Å². The number of nitrogens with one attached hydrogen (secondary N) is 2. The van der Waals surface area contributed by atoms with Crippen molar-refractivity contribution in [2.24, 2.45) is 5.92 Å². The number of hydrogen-bond donors (Lipinski definition) is 2. The third-order valence-corrected chi connectivity index (χ3v) is 4.70. The minimum absolute atomic E-state index is 0.0575. The van der Waals surface area contributed by atoms with Crippen molar-refractivity contribution in [3.63, 3.8) is 0 Å². The van der Waals surface area contributed by atoms with E-state index in [2.05, 4.69) is 15.6 Å². The summed E-state index contributed by atoms with van der Waals surface area (Å²) in [6, 6.07) is 5.55. The molecule has 1 amide bonds. The van der Waals surface area contributed by atoms with Crippen LogP contribution in [0, 0.1) is 5.92 Å². The number of piperidine rings is 1. The molecular formula is C14H16ClN3OS. The standard InChI is InChI=1S/C14H16ClN3OS/c15-10-1-2-11-12(8-10)20-14(17-11)18-13(19)7-9-3-5-16-6-4-9/h1-2,8-9,16H,3-7H2,(H,17,18,19). The Bertz CT molecular complexity index is 622. The number of thiazole rings is 1. The number of rotatable bonds is 3. The van der Waals surface area contributed by atoms with E-state index in [-0.39, 0.29) is 5.91 Å². The molecule has 0 bridgehead atoms.